The van der Waals surface area contributed by atoms with Gasteiger partial charge >= 0.3 is 18.2 Å². The minimum atomic E-state index is -1.14. The molecule has 12 heteroatoms. The Bertz CT molecular complexity index is 2220. The van der Waals surface area contributed by atoms with Crippen LogP contribution in [0.2, 0.25) is 0 Å². The Balaban J connectivity index is 0.986. The van der Waals surface area contributed by atoms with Gasteiger partial charge in [0.15, 0.2) is 5.79 Å². The van der Waals surface area contributed by atoms with Crippen LogP contribution in [0.5, 0.6) is 0 Å². The van der Waals surface area contributed by atoms with E-state index in [9.17, 15) is 19.2 Å². The molecule has 5 aromatic carbocycles. The van der Waals surface area contributed by atoms with Gasteiger partial charge in [-0.1, -0.05) is 133 Å². The van der Waals surface area contributed by atoms with Crippen LogP contribution in [0.25, 0.3) is 10.8 Å². The number of carbonyl (C=O) groups excluding carboxylic acids is 4. The second kappa shape index (κ2) is 22.2. The summed E-state index contributed by atoms with van der Waals surface area (Å²) in [6, 6.07) is 42.6. The van der Waals surface area contributed by atoms with Crippen molar-refractivity contribution in [2.75, 3.05) is 19.8 Å². The number of ether oxygens (including phenoxy) is 5. The van der Waals surface area contributed by atoms with Gasteiger partial charge in [-0.2, -0.15) is 0 Å². The lowest BCUT2D eigenvalue weighted by Crippen LogP contribution is -2.54. The Labute approximate surface area is 369 Å². The zero-order chi connectivity index (χ0) is 43.9. The summed E-state index contributed by atoms with van der Waals surface area (Å²) in [7, 11) is 0. The predicted octanol–water partition coefficient (Wildman–Crippen LogP) is 8.51. The molecule has 3 N–H and O–H groups in total. The average molecular weight is 856 g/mol. The number of carbonyl (C=O) groups is 4. The predicted molar refractivity (Wildman–Crippen MR) is 239 cm³/mol. The summed E-state index contributed by atoms with van der Waals surface area (Å²) in [6.07, 6.45) is 0.357. The van der Waals surface area contributed by atoms with Crippen molar-refractivity contribution >= 4 is 34.8 Å². The smallest absolute Gasteiger partial charge is 0.407 e. The molecule has 2 heterocycles. The van der Waals surface area contributed by atoms with Crippen molar-refractivity contribution in [3.05, 3.63) is 156 Å². The first-order valence-electron chi connectivity index (χ1n) is 22.0. The number of hydrogen-bond acceptors (Lipinski definition) is 9. The third-order valence-electron chi connectivity index (χ3n) is 11.6. The number of alkyl carbamates (subject to hydrolysis) is 2. The Hall–Kier alpha value is -6.24. The summed E-state index contributed by atoms with van der Waals surface area (Å²) >= 11 is 0. The molecular weight excluding hydrogens is 799 g/mol. The Morgan fingerprint density at radius 3 is 2.14 bits per heavy atom. The minimum absolute atomic E-state index is 0.000932. The van der Waals surface area contributed by atoms with Crippen LogP contribution in [0.3, 0.4) is 0 Å². The molecule has 0 bridgehead atoms. The molecule has 7 rings (SSSR count). The topological polar surface area (TPSA) is 151 Å². The molecule has 330 valence electrons. The third-order valence-corrected chi connectivity index (χ3v) is 11.6. The highest BCUT2D eigenvalue weighted by Crippen LogP contribution is 2.41. The lowest BCUT2D eigenvalue weighted by atomic mass is 9.90. The molecule has 2 saturated heterocycles. The van der Waals surface area contributed by atoms with Gasteiger partial charge in [0, 0.05) is 51.1 Å². The van der Waals surface area contributed by atoms with E-state index in [0.717, 1.165) is 33.0 Å². The standard InChI is InChI=1S/C51H57N3O9/c1-2-59-48(56)46(30-36-16-6-3-7-17-36)54-47(55)28-27-41-31-43(61-50(58)52-33-40-24-14-23-37-22-12-13-26-44(37)40)32-51(62-41)29-15-25-42(63-51)35-60-49(57)53-34-45(38-18-8-4-9-19-38)39-20-10-5-11-21-39/h3-14,16-24,26,41-43,45-46H,2,15,25,27-35H2,1H3,(H,52,58)(H,53,57)(H,54,55)/t41?,42?,43?,46-,51?/m0/s1. The molecule has 0 aliphatic carbocycles. The lowest BCUT2D eigenvalue weighted by Gasteiger charge is -2.47. The summed E-state index contributed by atoms with van der Waals surface area (Å²) < 4.78 is 30.4. The SMILES string of the molecule is CCOC(=O)[C@H](Cc1ccccc1)NC(=O)CCC1CC(OC(=O)NCc2cccc3ccccc23)CC2(CCCC(COC(=O)NCC(c3ccccc3)c3ccccc3)O2)O1. The average Bonchev–Trinajstić information content (AvgIpc) is 3.30. The molecule has 1 spiro atoms. The number of esters is 1. The molecule has 63 heavy (non-hydrogen) atoms. The highest BCUT2D eigenvalue weighted by molar-refractivity contribution is 5.86. The largest absolute Gasteiger partial charge is 0.464 e. The fourth-order valence-electron chi connectivity index (χ4n) is 8.62. The summed E-state index contributed by atoms with van der Waals surface area (Å²) in [5.41, 5.74) is 4.01. The van der Waals surface area contributed by atoms with Crippen molar-refractivity contribution < 1.29 is 42.9 Å². The van der Waals surface area contributed by atoms with Crippen LogP contribution in [0.1, 0.15) is 80.0 Å². The highest BCUT2D eigenvalue weighted by Gasteiger charge is 2.47. The zero-order valence-electron chi connectivity index (χ0n) is 35.7. The van der Waals surface area contributed by atoms with E-state index < -0.39 is 48.3 Å². The molecule has 2 aliphatic rings. The van der Waals surface area contributed by atoms with Gasteiger partial charge in [-0.05, 0) is 59.2 Å². The van der Waals surface area contributed by atoms with E-state index in [-0.39, 0.29) is 57.3 Å². The number of amides is 3. The first-order chi connectivity index (χ1) is 30.8. The Kier molecular flexibility index (Phi) is 15.8. The third kappa shape index (κ3) is 12.9. The molecule has 12 nitrogen and oxygen atoms in total. The van der Waals surface area contributed by atoms with Gasteiger partial charge < -0.3 is 39.6 Å². The fourth-order valence-corrected chi connectivity index (χ4v) is 8.62. The van der Waals surface area contributed by atoms with Crippen LogP contribution in [0.15, 0.2) is 133 Å². The van der Waals surface area contributed by atoms with Gasteiger partial charge in [0.05, 0.1) is 18.8 Å². The van der Waals surface area contributed by atoms with Gasteiger partial charge in [0.1, 0.15) is 18.8 Å². The zero-order valence-corrected chi connectivity index (χ0v) is 35.7. The van der Waals surface area contributed by atoms with E-state index in [0.29, 0.717) is 32.2 Å². The van der Waals surface area contributed by atoms with E-state index in [2.05, 4.69) is 16.0 Å². The Morgan fingerprint density at radius 2 is 1.41 bits per heavy atom. The van der Waals surface area contributed by atoms with E-state index in [1.165, 1.54) is 0 Å². The summed E-state index contributed by atoms with van der Waals surface area (Å²) in [5.74, 6) is -2.05. The quantitative estimate of drug-likeness (QED) is 0.0618. The molecule has 0 saturated carbocycles. The molecule has 5 atom stereocenters. The van der Waals surface area contributed by atoms with Crippen LogP contribution in [0, 0.1) is 0 Å². The maximum absolute atomic E-state index is 13.4. The number of nitrogens with one attached hydrogen (secondary N) is 3. The van der Waals surface area contributed by atoms with Crippen molar-refractivity contribution in [2.45, 2.75) is 101 Å². The van der Waals surface area contributed by atoms with Crippen LogP contribution >= 0.6 is 0 Å². The summed E-state index contributed by atoms with van der Waals surface area (Å²) in [5, 5.41) is 10.9. The molecule has 3 amide bonds. The summed E-state index contributed by atoms with van der Waals surface area (Å²) in [4.78, 5) is 52.9. The van der Waals surface area contributed by atoms with Crippen LogP contribution in [-0.2, 0) is 46.2 Å². The molecule has 5 aromatic rings. The van der Waals surface area contributed by atoms with Gasteiger partial charge in [-0.25, -0.2) is 14.4 Å². The van der Waals surface area contributed by atoms with Gasteiger partial charge in [-0.15, -0.1) is 0 Å². The van der Waals surface area contributed by atoms with Crippen molar-refractivity contribution in [3.63, 3.8) is 0 Å². The van der Waals surface area contributed by atoms with E-state index >= 15 is 0 Å². The molecule has 0 aromatic heterocycles. The number of fused-ring (bicyclic) bond motifs is 1. The van der Waals surface area contributed by atoms with E-state index in [4.69, 9.17) is 23.7 Å². The van der Waals surface area contributed by atoms with Gasteiger partial charge in [0.2, 0.25) is 5.91 Å². The molecular formula is C51H57N3O9. The van der Waals surface area contributed by atoms with Crippen LogP contribution < -0.4 is 16.0 Å². The first kappa shape index (κ1) is 44.8. The molecule has 2 fully saturated rings. The number of hydrogen-bond donors (Lipinski definition) is 3. The number of rotatable bonds is 17. The molecule has 0 radical (unpaired) electrons. The van der Waals surface area contributed by atoms with Gasteiger partial charge in [0.25, 0.3) is 0 Å². The normalized spacial score (nSPS) is 20.1. The van der Waals surface area contributed by atoms with Crippen molar-refractivity contribution in [2.24, 2.45) is 0 Å². The van der Waals surface area contributed by atoms with E-state index in [1.807, 2.05) is 133 Å². The van der Waals surface area contributed by atoms with Gasteiger partial charge in [-0.3, -0.25) is 4.79 Å². The number of benzene rings is 5. The van der Waals surface area contributed by atoms with Crippen LogP contribution in [0.4, 0.5) is 9.59 Å². The fraction of sp³-hybridized carbons (Fsp3) is 0.373. The maximum Gasteiger partial charge on any atom is 0.407 e. The Morgan fingerprint density at radius 1 is 0.746 bits per heavy atom. The van der Waals surface area contributed by atoms with E-state index in [1.54, 1.807) is 6.92 Å². The highest BCUT2D eigenvalue weighted by atomic mass is 16.7. The maximum atomic E-state index is 13.4. The first-order valence-corrected chi connectivity index (χ1v) is 22.0. The van der Waals surface area contributed by atoms with Crippen LogP contribution in [-0.4, -0.2) is 74.0 Å². The van der Waals surface area contributed by atoms with Crippen molar-refractivity contribution in [3.8, 4) is 0 Å². The lowest BCUT2D eigenvalue weighted by molar-refractivity contribution is -0.329. The van der Waals surface area contributed by atoms with Crippen molar-refractivity contribution in [1.82, 2.24) is 16.0 Å². The molecule has 2 aliphatic heterocycles. The summed E-state index contributed by atoms with van der Waals surface area (Å²) in [6.45, 7) is 2.53. The minimum Gasteiger partial charge on any atom is -0.464 e. The molecule has 4 unspecified atom stereocenters. The van der Waals surface area contributed by atoms with Crippen molar-refractivity contribution in [1.29, 1.82) is 0 Å². The second-order valence-electron chi connectivity index (χ2n) is 16.2. The monoisotopic (exact) mass is 855 g/mol. The second-order valence-corrected chi connectivity index (χ2v) is 16.2.